The number of fused-ring (bicyclic) bond motifs is 1. The lowest BCUT2D eigenvalue weighted by atomic mass is 9.91. The molecule has 170 valence electrons. The van der Waals surface area contributed by atoms with Crippen LogP contribution in [0.1, 0.15) is 18.4 Å². The molecule has 0 saturated carbocycles. The van der Waals surface area contributed by atoms with Crippen LogP contribution in [0.15, 0.2) is 79.5 Å². The van der Waals surface area contributed by atoms with Gasteiger partial charge in [-0.2, -0.15) is 0 Å². The van der Waals surface area contributed by atoms with E-state index in [0.717, 1.165) is 30.5 Å². The Morgan fingerprint density at radius 2 is 1.97 bits per heavy atom. The zero-order valence-corrected chi connectivity index (χ0v) is 18.0. The van der Waals surface area contributed by atoms with Crippen LogP contribution in [0.5, 0.6) is 11.5 Å². The van der Waals surface area contributed by atoms with E-state index in [4.69, 9.17) is 9.84 Å². The standard InChI is InChI=1S/C19H20FNO3.C6H5N3/c20-16-6-8-17(9-7-16)24-18-5-1-3-14(12-18)11-15-4-2-10-21(13-15)19(22)23;1-2-7-5-9-4-3-8-6(1)9/h1,3,5-9,12,15H,2,4,10-11,13H2,(H,22,23);1-5H. The number of rotatable bonds is 4. The Balaban J connectivity index is 0.000000238. The molecule has 5 rings (SSSR count). The third kappa shape index (κ3) is 6.29. The van der Waals surface area contributed by atoms with Crippen molar-refractivity contribution in [1.29, 1.82) is 0 Å². The van der Waals surface area contributed by atoms with Crippen molar-refractivity contribution in [2.24, 2.45) is 5.92 Å². The first-order valence-electron chi connectivity index (χ1n) is 10.8. The number of amides is 1. The Bertz CT molecular complexity index is 1170. The molecule has 33 heavy (non-hydrogen) atoms. The highest BCUT2D eigenvalue weighted by atomic mass is 19.1. The summed E-state index contributed by atoms with van der Waals surface area (Å²) in [5, 5.41) is 9.13. The lowest BCUT2D eigenvalue weighted by molar-refractivity contribution is 0.120. The third-order valence-corrected chi connectivity index (χ3v) is 5.46. The number of aromatic nitrogens is 3. The lowest BCUT2D eigenvalue weighted by Crippen LogP contribution is -2.39. The second-order valence-electron chi connectivity index (χ2n) is 7.92. The lowest BCUT2D eigenvalue weighted by Gasteiger charge is -2.30. The van der Waals surface area contributed by atoms with Crippen LogP contribution in [0, 0.1) is 11.7 Å². The average molecular weight is 448 g/mol. The molecular weight excluding hydrogens is 423 g/mol. The Kier molecular flexibility index (Phi) is 7.14. The summed E-state index contributed by atoms with van der Waals surface area (Å²) >= 11 is 0. The monoisotopic (exact) mass is 448 g/mol. The van der Waals surface area contributed by atoms with Crippen LogP contribution in [0.2, 0.25) is 0 Å². The van der Waals surface area contributed by atoms with Crippen molar-refractivity contribution in [2.45, 2.75) is 19.3 Å². The van der Waals surface area contributed by atoms with E-state index in [2.05, 4.69) is 9.97 Å². The summed E-state index contributed by atoms with van der Waals surface area (Å²) in [6.07, 6.45) is 8.98. The second-order valence-corrected chi connectivity index (χ2v) is 7.92. The molecule has 1 amide bonds. The number of hydrogen-bond acceptors (Lipinski definition) is 4. The minimum absolute atomic E-state index is 0.295. The average Bonchev–Trinajstić information content (AvgIpc) is 3.30. The number of piperidine rings is 1. The van der Waals surface area contributed by atoms with E-state index in [1.807, 2.05) is 40.9 Å². The van der Waals surface area contributed by atoms with Gasteiger partial charge in [0.15, 0.2) is 0 Å². The zero-order valence-electron chi connectivity index (χ0n) is 18.0. The number of imidazole rings is 1. The van der Waals surface area contributed by atoms with Gasteiger partial charge in [-0.1, -0.05) is 12.1 Å². The van der Waals surface area contributed by atoms with Crippen molar-refractivity contribution < 1.29 is 19.0 Å². The number of halogens is 1. The normalized spacial score (nSPS) is 15.5. The fourth-order valence-corrected chi connectivity index (χ4v) is 3.88. The molecule has 1 atom stereocenters. The van der Waals surface area contributed by atoms with E-state index >= 15 is 0 Å². The van der Waals surface area contributed by atoms with Gasteiger partial charge in [0, 0.05) is 31.7 Å². The number of carbonyl (C=O) groups is 1. The van der Waals surface area contributed by atoms with Gasteiger partial charge in [-0.05, 0) is 73.2 Å². The largest absolute Gasteiger partial charge is 0.465 e. The fourth-order valence-electron chi connectivity index (χ4n) is 3.88. The van der Waals surface area contributed by atoms with Crippen LogP contribution in [-0.2, 0) is 6.42 Å². The van der Waals surface area contributed by atoms with Gasteiger partial charge in [-0.3, -0.25) is 4.40 Å². The second kappa shape index (κ2) is 10.6. The summed E-state index contributed by atoms with van der Waals surface area (Å²) in [5.74, 6) is 1.32. The van der Waals surface area contributed by atoms with E-state index in [1.54, 1.807) is 30.9 Å². The topological polar surface area (TPSA) is 80.0 Å². The van der Waals surface area contributed by atoms with Gasteiger partial charge in [-0.15, -0.1) is 0 Å². The molecule has 0 aliphatic carbocycles. The molecule has 1 N–H and O–H groups in total. The molecule has 0 spiro atoms. The molecule has 3 heterocycles. The van der Waals surface area contributed by atoms with Gasteiger partial charge in [-0.25, -0.2) is 19.2 Å². The smallest absolute Gasteiger partial charge is 0.407 e. The van der Waals surface area contributed by atoms with Crippen LogP contribution in [-0.4, -0.2) is 43.6 Å². The first-order chi connectivity index (χ1) is 16.1. The molecule has 1 saturated heterocycles. The summed E-state index contributed by atoms with van der Waals surface area (Å²) in [7, 11) is 0. The Hall–Kier alpha value is -3.94. The first kappa shape index (κ1) is 22.3. The van der Waals surface area contributed by atoms with E-state index in [9.17, 15) is 9.18 Å². The summed E-state index contributed by atoms with van der Waals surface area (Å²) in [4.78, 5) is 20.6. The van der Waals surface area contributed by atoms with E-state index in [1.165, 1.54) is 17.0 Å². The molecule has 1 aliphatic heterocycles. The summed E-state index contributed by atoms with van der Waals surface area (Å²) in [6, 6.07) is 15.5. The van der Waals surface area contributed by atoms with Gasteiger partial charge in [0.1, 0.15) is 29.3 Å². The van der Waals surface area contributed by atoms with E-state index < -0.39 is 6.09 Å². The van der Waals surface area contributed by atoms with Crippen LogP contribution in [0.3, 0.4) is 0 Å². The Labute approximate surface area is 191 Å². The van der Waals surface area contributed by atoms with E-state index in [0.29, 0.717) is 30.5 Å². The van der Waals surface area contributed by atoms with Crippen molar-refractivity contribution in [2.75, 3.05) is 13.1 Å². The van der Waals surface area contributed by atoms with Crippen LogP contribution in [0.4, 0.5) is 9.18 Å². The predicted molar refractivity (Wildman–Crippen MR) is 122 cm³/mol. The number of hydrogen-bond donors (Lipinski definition) is 1. The number of nitrogens with zero attached hydrogens (tertiary/aromatic N) is 4. The minimum Gasteiger partial charge on any atom is -0.465 e. The van der Waals surface area contributed by atoms with Crippen LogP contribution in [0.25, 0.3) is 5.65 Å². The molecule has 0 radical (unpaired) electrons. The Morgan fingerprint density at radius 3 is 2.76 bits per heavy atom. The summed E-state index contributed by atoms with van der Waals surface area (Å²) < 4.78 is 20.5. The fraction of sp³-hybridized carbons (Fsp3) is 0.240. The summed E-state index contributed by atoms with van der Waals surface area (Å²) in [5.41, 5.74) is 2.05. The molecule has 1 fully saturated rings. The van der Waals surface area contributed by atoms with Crippen molar-refractivity contribution in [1.82, 2.24) is 19.3 Å². The van der Waals surface area contributed by atoms with Crippen LogP contribution < -0.4 is 4.74 Å². The van der Waals surface area contributed by atoms with Crippen molar-refractivity contribution in [3.05, 3.63) is 90.9 Å². The molecule has 0 bridgehead atoms. The third-order valence-electron chi connectivity index (χ3n) is 5.46. The van der Waals surface area contributed by atoms with Crippen LogP contribution >= 0.6 is 0 Å². The number of ether oxygens (including phenoxy) is 1. The van der Waals surface area contributed by atoms with Crippen molar-refractivity contribution in [3.63, 3.8) is 0 Å². The maximum absolute atomic E-state index is 12.9. The molecule has 2 aromatic heterocycles. The molecule has 7 nitrogen and oxygen atoms in total. The predicted octanol–water partition coefficient (Wildman–Crippen LogP) is 5.28. The van der Waals surface area contributed by atoms with Gasteiger partial charge in [0.2, 0.25) is 0 Å². The van der Waals surface area contributed by atoms with Gasteiger partial charge in [0.25, 0.3) is 0 Å². The molecular formula is C25H25FN4O3. The maximum atomic E-state index is 12.9. The van der Waals surface area contributed by atoms with Crippen molar-refractivity contribution >= 4 is 11.7 Å². The first-order valence-corrected chi connectivity index (χ1v) is 10.8. The Morgan fingerprint density at radius 1 is 1.12 bits per heavy atom. The molecule has 1 aliphatic rings. The highest BCUT2D eigenvalue weighted by molar-refractivity contribution is 5.65. The molecule has 2 aromatic carbocycles. The number of carboxylic acid groups (broad SMARTS) is 1. The minimum atomic E-state index is -0.840. The number of likely N-dealkylation sites (tertiary alicyclic amines) is 1. The highest BCUT2D eigenvalue weighted by Gasteiger charge is 2.23. The highest BCUT2D eigenvalue weighted by Crippen LogP contribution is 2.26. The zero-order chi connectivity index (χ0) is 23.0. The molecule has 4 aromatic rings. The van der Waals surface area contributed by atoms with E-state index in [-0.39, 0.29) is 5.82 Å². The molecule has 8 heteroatoms. The summed E-state index contributed by atoms with van der Waals surface area (Å²) in [6.45, 7) is 1.21. The van der Waals surface area contributed by atoms with Gasteiger partial charge < -0.3 is 14.7 Å². The van der Waals surface area contributed by atoms with Gasteiger partial charge in [0.05, 0.1) is 0 Å². The molecule has 1 unspecified atom stereocenters. The maximum Gasteiger partial charge on any atom is 0.407 e. The quantitative estimate of drug-likeness (QED) is 0.459. The SMILES string of the molecule is O=C(O)N1CCCC(Cc2cccc(Oc3ccc(F)cc3)c2)C1.c1cc2nccn2cn1. The number of benzene rings is 2. The van der Waals surface area contributed by atoms with Crippen molar-refractivity contribution in [3.8, 4) is 11.5 Å². The van der Waals surface area contributed by atoms with Gasteiger partial charge >= 0.3 is 6.09 Å².